The molecule has 2 N–H and O–H groups in total. The highest BCUT2D eigenvalue weighted by atomic mass is 15.2. The van der Waals surface area contributed by atoms with Gasteiger partial charge in [-0.3, -0.25) is 4.90 Å². The van der Waals surface area contributed by atoms with Crippen LogP contribution in [0.25, 0.3) is 0 Å². The molecule has 0 aromatic heterocycles. The van der Waals surface area contributed by atoms with Gasteiger partial charge in [0, 0.05) is 25.2 Å². The molecule has 2 atom stereocenters. The van der Waals surface area contributed by atoms with E-state index in [2.05, 4.69) is 55.8 Å². The minimum Gasteiger partial charge on any atom is -0.323 e. The van der Waals surface area contributed by atoms with Crippen molar-refractivity contribution in [1.29, 1.82) is 0 Å². The predicted octanol–water partition coefficient (Wildman–Crippen LogP) is 2.33. The topological polar surface area (TPSA) is 32.5 Å². The standard InChI is InChI=1S/C17H29N3/c1-13-6-7-16(14(2)10-13)17(18)12-20-9-5-8-19(4)11-15(20)3/h6-7,10,15,17H,5,8-9,11-12,18H2,1-4H3. The zero-order valence-electron chi connectivity index (χ0n) is 13.4. The van der Waals surface area contributed by atoms with E-state index in [0.717, 1.165) is 19.6 Å². The van der Waals surface area contributed by atoms with Crippen LogP contribution in [0, 0.1) is 13.8 Å². The van der Waals surface area contributed by atoms with Gasteiger partial charge in [-0.1, -0.05) is 23.8 Å². The highest BCUT2D eigenvalue weighted by molar-refractivity contribution is 5.32. The third-order valence-electron chi connectivity index (χ3n) is 4.44. The first-order valence-electron chi connectivity index (χ1n) is 7.72. The molecule has 0 bridgehead atoms. The molecule has 1 aromatic carbocycles. The van der Waals surface area contributed by atoms with Crippen LogP contribution in [0.15, 0.2) is 18.2 Å². The van der Waals surface area contributed by atoms with Crippen molar-refractivity contribution >= 4 is 0 Å². The average Bonchev–Trinajstić information content (AvgIpc) is 2.51. The maximum atomic E-state index is 6.47. The van der Waals surface area contributed by atoms with Crippen LogP contribution in [-0.2, 0) is 0 Å². The fourth-order valence-corrected chi connectivity index (χ4v) is 3.29. The number of aryl methyl sites for hydroxylation is 2. The Labute approximate surface area is 123 Å². The lowest BCUT2D eigenvalue weighted by Gasteiger charge is -2.30. The Morgan fingerprint density at radius 2 is 2.05 bits per heavy atom. The van der Waals surface area contributed by atoms with Crippen molar-refractivity contribution < 1.29 is 0 Å². The molecule has 3 nitrogen and oxygen atoms in total. The summed E-state index contributed by atoms with van der Waals surface area (Å²) in [5, 5.41) is 0. The fraction of sp³-hybridized carbons (Fsp3) is 0.647. The minimum atomic E-state index is 0.112. The van der Waals surface area contributed by atoms with Gasteiger partial charge in [-0.2, -0.15) is 0 Å². The Kier molecular flexibility index (Phi) is 5.19. The molecular weight excluding hydrogens is 246 g/mol. The lowest BCUT2D eigenvalue weighted by Crippen LogP contribution is -2.41. The molecule has 20 heavy (non-hydrogen) atoms. The molecule has 112 valence electrons. The van der Waals surface area contributed by atoms with E-state index in [1.54, 1.807) is 0 Å². The van der Waals surface area contributed by atoms with Crippen molar-refractivity contribution in [2.75, 3.05) is 33.2 Å². The number of hydrogen-bond acceptors (Lipinski definition) is 3. The summed E-state index contributed by atoms with van der Waals surface area (Å²) in [4.78, 5) is 4.97. The molecule has 1 aliphatic heterocycles. The zero-order valence-corrected chi connectivity index (χ0v) is 13.4. The Bertz CT molecular complexity index is 444. The largest absolute Gasteiger partial charge is 0.323 e. The van der Waals surface area contributed by atoms with Gasteiger partial charge in [-0.25, -0.2) is 0 Å². The Balaban J connectivity index is 2.04. The second-order valence-electron chi connectivity index (χ2n) is 6.43. The van der Waals surface area contributed by atoms with Gasteiger partial charge in [0.05, 0.1) is 0 Å². The van der Waals surface area contributed by atoms with E-state index in [4.69, 9.17) is 5.73 Å². The van der Waals surface area contributed by atoms with Crippen LogP contribution in [0.4, 0.5) is 0 Å². The maximum absolute atomic E-state index is 6.47. The maximum Gasteiger partial charge on any atom is 0.0427 e. The van der Waals surface area contributed by atoms with E-state index < -0.39 is 0 Å². The van der Waals surface area contributed by atoms with Crippen LogP contribution < -0.4 is 5.73 Å². The first-order chi connectivity index (χ1) is 9.47. The third kappa shape index (κ3) is 3.81. The molecule has 0 spiro atoms. The van der Waals surface area contributed by atoms with Gasteiger partial charge in [0.25, 0.3) is 0 Å². The molecule has 1 heterocycles. The lowest BCUT2D eigenvalue weighted by atomic mass is 9.99. The van der Waals surface area contributed by atoms with E-state index in [0.29, 0.717) is 6.04 Å². The van der Waals surface area contributed by atoms with Gasteiger partial charge in [0.15, 0.2) is 0 Å². The van der Waals surface area contributed by atoms with Crippen molar-refractivity contribution in [3.05, 3.63) is 34.9 Å². The van der Waals surface area contributed by atoms with Gasteiger partial charge >= 0.3 is 0 Å². The molecule has 1 fully saturated rings. The third-order valence-corrected chi connectivity index (χ3v) is 4.44. The molecule has 0 saturated carbocycles. The molecule has 1 aliphatic rings. The Morgan fingerprint density at radius 3 is 2.75 bits per heavy atom. The van der Waals surface area contributed by atoms with Crippen molar-refractivity contribution in [2.45, 2.75) is 39.3 Å². The van der Waals surface area contributed by atoms with E-state index in [1.165, 1.54) is 29.7 Å². The first kappa shape index (κ1) is 15.5. The summed E-state index contributed by atoms with van der Waals surface area (Å²) in [5.74, 6) is 0. The van der Waals surface area contributed by atoms with E-state index in [1.807, 2.05) is 0 Å². The van der Waals surface area contributed by atoms with E-state index in [-0.39, 0.29) is 6.04 Å². The average molecular weight is 275 g/mol. The number of hydrogen-bond donors (Lipinski definition) is 1. The van der Waals surface area contributed by atoms with E-state index >= 15 is 0 Å². The monoisotopic (exact) mass is 275 g/mol. The SMILES string of the molecule is Cc1ccc(C(N)CN2CCCN(C)CC2C)c(C)c1. The summed E-state index contributed by atoms with van der Waals surface area (Å²) in [5.41, 5.74) is 10.4. The molecule has 2 rings (SSSR count). The van der Waals surface area contributed by atoms with Gasteiger partial charge in [-0.05, 0) is 58.5 Å². The second kappa shape index (κ2) is 6.70. The molecule has 0 aliphatic carbocycles. The quantitative estimate of drug-likeness (QED) is 0.919. The number of benzene rings is 1. The summed E-state index contributed by atoms with van der Waals surface area (Å²) in [7, 11) is 2.21. The van der Waals surface area contributed by atoms with Crippen molar-refractivity contribution in [2.24, 2.45) is 5.73 Å². The van der Waals surface area contributed by atoms with Gasteiger partial charge < -0.3 is 10.6 Å². The van der Waals surface area contributed by atoms with Crippen molar-refractivity contribution in [3.63, 3.8) is 0 Å². The second-order valence-corrected chi connectivity index (χ2v) is 6.43. The van der Waals surface area contributed by atoms with Crippen LogP contribution >= 0.6 is 0 Å². The molecule has 0 radical (unpaired) electrons. The Morgan fingerprint density at radius 1 is 1.30 bits per heavy atom. The number of nitrogens with two attached hydrogens (primary N) is 1. The lowest BCUT2D eigenvalue weighted by molar-refractivity contribution is 0.191. The Hall–Kier alpha value is -0.900. The summed E-state index contributed by atoms with van der Waals surface area (Å²) >= 11 is 0. The zero-order chi connectivity index (χ0) is 14.7. The van der Waals surface area contributed by atoms with Crippen molar-refractivity contribution in [3.8, 4) is 0 Å². The highest BCUT2D eigenvalue weighted by Gasteiger charge is 2.22. The molecule has 1 aromatic rings. The number of likely N-dealkylation sites (N-methyl/N-ethyl adjacent to an activating group) is 1. The van der Waals surface area contributed by atoms with Crippen LogP contribution in [0.2, 0.25) is 0 Å². The molecular formula is C17H29N3. The number of rotatable bonds is 3. The summed E-state index contributed by atoms with van der Waals surface area (Å²) in [6.45, 7) is 11.1. The van der Waals surface area contributed by atoms with Crippen LogP contribution in [0.3, 0.4) is 0 Å². The van der Waals surface area contributed by atoms with Crippen LogP contribution in [0.5, 0.6) is 0 Å². The van der Waals surface area contributed by atoms with E-state index in [9.17, 15) is 0 Å². The molecule has 2 unspecified atom stereocenters. The van der Waals surface area contributed by atoms with Gasteiger partial charge in [0.2, 0.25) is 0 Å². The van der Waals surface area contributed by atoms with Crippen LogP contribution in [0.1, 0.15) is 36.1 Å². The summed E-state index contributed by atoms with van der Waals surface area (Å²) in [6.07, 6.45) is 1.24. The van der Waals surface area contributed by atoms with Crippen LogP contribution in [-0.4, -0.2) is 49.1 Å². The smallest absolute Gasteiger partial charge is 0.0427 e. The summed E-state index contributed by atoms with van der Waals surface area (Å²) in [6, 6.07) is 7.29. The molecule has 0 amide bonds. The van der Waals surface area contributed by atoms with Crippen molar-refractivity contribution in [1.82, 2.24) is 9.80 Å². The van der Waals surface area contributed by atoms with Gasteiger partial charge in [-0.15, -0.1) is 0 Å². The number of nitrogens with zero attached hydrogens (tertiary/aromatic N) is 2. The fourth-order valence-electron chi connectivity index (χ4n) is 3.29. The minimum absolute atomic E-state index is 0.112. The molecule has 3 heteroatoms. The normalized spacial score (nSPS) is 23.6. The predicted molar refractivity (Wildman–Crippen MR) is 86.0 cm³/mol. The first-order valence-corrected chi connectivity index (χ1v) is 7.72. The highest BCUT2D eigenvalue weighted by Crippen LogP contribution is 2.20. The summed E-state index contributed by atoms with van der Waals surface area (Å²) < 4.78 is 0. The molecule has 1 saturated heterocycles. The van der Waals surface area contributed by atoms with Gasteiger partial charge in [0.1, 0.15) is 0 Å².